The molecule has 0 saturated heterocycles. The van der Waals surface area contributed by atoms with Gasteiger partial charge in [-0.25, -0.2) is 12.8 Å². The van der Waals surface area contributed by atoms with Crippen LogP contribution in [0, 0.1) is 5.82 Å². The maximum absolute atomic E-state index is 13.7. The number of halogens is 1. The van der Waals surface area contributed by atoms with Gasteiger partial charge in [0.2, 0.25) is 0 Å². The molecular weight excluding hydrogens is 417 g/mol. The summed E-state index contributed by atoms with van der Waals surface area (Å²) in [6, 6.07) is 12.1. The molecule has 8 heteroatoms. The molecule has 0 heterocycles. The molecule has 170 valence electrons. The summed E-state index contributed by atoms with van der Waals surface area (Å²) in [6.45, 7) is 7.67. The Balaban J connectivity index is 1.88. The Morgan fingerprint density at radius 1 is 1.10 bits per heavy atom. The Morgan fingerprint density at radius 3 is 2.48 bits per heavy atom. The van der Waals surface area contributed by atoms with Crippen LogP contribution in [0.3, 0.4) is 0 Å². The van der Waals surface area contributed by atoms with E-state index in [2.05, 4.69) is 42.5 Å². The molecule has 0 aliphatic rings. The van der Waals surface area contributed by atoms with E-state index in [1.807, 2.05) is 18.2 Å². The van der Waals surface area contributed by atoms with Crippen molar-refractivity contribution in [3.05, 3.63) is 65.0 Å². The molecule has 0 saturated carbocycles. The number of hydrogen-bond acceptors (Lipinski definition) is 4. The smallest absolute Gasteiger partial charge is 0.191 e. The van der Waals surface area contributed by atoms with E-state index in [0.29, 0.717) is 30.2 Å². The highest BCUT2D eigenvalue weighted by molar-refractivity contribution is 7.89. The molecule has 2 aromatic carbocycles. The van der Waals surface area contributed by atoms with Crippen LogP contribution in [0.4, 0.5) is 4.39 Å². The van der Waals surface area contributed by atoms with E-state index >= 15 is 0 Å². The standard InChI is InChI=1S/C23H32FN3O3S/c1-23(2,3)19-7-6-8-21(14-19)30-12-11-26-22(25-4)27-15-18-13-20(24)10-9-17(18)16-31(5,28)29/h6-10,13-14H,11-12,15-16H2,1-5H3,(H2,25,26,27). The first kappa shape index (κ1) is 24.7. The van der Waals surface area contributed by atoms with Crippen LogP contribution in [-0.4, -0.2) is 40.8 Å². The zero-order chi connectivity index (χ0) is 23.1. The fourth-order valence-corrected chi connectivity index (χ4v) is 3.82. The molecule has 2 rings (SSSR count). The predicted molar refractivity (Wildman–Crippen MR) is 124 cm³/mol. The summed E-state index contributed by atoms with van der Waals surface area (Å²) in [4.78, 5) is 4.15. The number of sulfone groups is 1. The average Bonchev–Trinajstić information content (AvgIpc) is 2.68. The second kappa shape index (κ2) is 10.6. The number of aliphatic imine (C=N–C) groups is 1. The zero-order valence-electron chi connectivity index (χ0n) is 18.8. The highest BCUT2D eigenvalue weighted by Crippen LogP contribution is 2.25. The van der Waals surface area contributed by atoms with Crippen LogP contribution in [0.2, 0.25) is 0 Å². The van der Waals surface area contributed by atoms with E-state index in [1.165, 1.54) is 23.8 Å². The molecule has 0 fully saturated rings. The lowest BCUT2D eigenvalue weighted by Gasteiger charge is -2.20. The van der Waals surface area contributed by atoms with Gasteiger partial charge in [0.05, 0.1) is 12.3 Å². The molecule has 0 aromatic heterocycles. The minimum Gasteiger partial charge on any atom is -0.492 e. The lowest BCUT2D eigenvalue weighted by Crippen LogP contribution is -2.39. The number of nitrogens with zero attached hydrogens (tertiary/aromatic N) is 1. The minimum atomic E-state index is -3.23. The van der Waals surface area contributed by atoms with Crippen LogP contribution in [-0.2, 0) is 27.5 Å². The van der Waals surface area contributed by atoms with Gasteiger partial charge in [-0.15, -0.1) is 0 Å². The molecule has 0 aliphatic carbocycles. The molecule has 2 N–H and O–H groups in total. The Morgan fingerprint density at radius 2 is 1.84 bits per heavy atom. The molecule has 0 bridgehead atoms. The molecule has 0 radical (unpaired) electrons. The second-order valence-electron chi connectivity index (χ2n) is 8.46. The van der Waals surface area contributed by atoms with Gasteiger partial charge in [0, 0.05) is 19.8 Å². The molecule has 0 aliphatic heterocycles. The molecular formula is C23H32FN3O3S. The van der Waals surface area contributed by atoms with Crippen LogP contribution in [0.5, 0.6) is 5.75 Å². The maximum atomic E-state index is 13.7. The number of hydrogen-bond donors (Lipinski definition) is 2. The van der Waals surface area contributed by atoms with Gasteiger partial charge in [-0.3, -0.25) is 4.99 Å². The van der Waals surface area contributed by atoms with Crippen molar-refractivity contribution in [3.63, 3.8) is 0 Å². The van der Waals surface area contributed by atoms with Crippen LogP contribution in [0.1, 0.15) is 37.5 Å². The number of ether oxygens (including phenoxy) is 1. The SMILES string of the molecule is CN=C(NCCOc1cccc(C(C)(C)C)c1)NCc1cc(F)ccc1CS(C)(=O)=O. The van der Waals surface area contributed by atoms with Crippen molar-refractivity contribution in [1.29, 1.82) is 0 Å². The fourth-order valence-electron chi connectivity index (χ4n) is 2.97. The highest BCUT2D eigenvalue weighted by atomic mass is 32.2. The van der Waals surface area contributed by atoms with Crippen molar-refractivity contribution in [2.75, 3.05) is 26.5 Å². The summed E-state index contributed by atoms with van der Waals surface area (Å²) in [5.41, 5.74) is 2.39. The van der Waals surface area contributed by atoms with Crippen molar-refractivity contribution < 1.29 is 17.5 Å². The highest BCUT2D eigenvalue weighted by Gasteiger charge is 2.14. The normalized spacial score (nSPS) is 12.5. The molecule has 6 nitrogen and oxygen atoms in total. The second-order valence-corrected chi connectivity index (χ2v) is 10.6. The molecule has 31 heavy (non-hydrogen) atoms. The Labute approximate surface area is 184 Å². The van der Waals surface area contributed by atoms with Gasteiger partial charge in [-0.1, -0.05) is 39.0 Å². The van der Waals surface area contributed by atoms with Crippen molar-refractivity contribution in [3.8, 4) is 5.75 Å². The molecule has 0 unspecified atom stereocenters. The maximum Gasteiger partial charge on any atom is 0.191 e. The fraction of sp³-hybridized carbons (Fsp3) is 0.435. The van der Waals surface area contributed by atoms with Crippen LogP contribution >= 0.6 is 0 Å². The summed E-state index contributed by atoms with van der Waals surface area (Å²) >= 11 is 0. The third-order valence-corrected chi connectivity index (χ3v) is 5.45. The number of nitrogens with one attached hydrogen (secondary N) is 2. The largest absolute Gasteiger partial charge is 0.492 e. The van der Waals surface area contributed by atoms with Crippen LogP contribution in [0.25, 0.3) is 0 Å². The van der Waals surface area contributed by atoms with Gasteiger partial charge >= 0.3 is 0 Å². The first-order valence-corrected chi connectivity index (χ1v) is 12.2. The van der Waals surface area contributed by atoms with Crippen molar-refractivity contribution >= 4 is 15.8 Å². The average molecular weight is 450 g/mol. The lowest BCUT2D eigenvalue weighted by molar-refractivity contribution is 0.321. The van der Waals surface area contributed by atoms with Crippen molar-refractivity contribution in [2.24, 2.45) is 4.99 Å². The molecule has 0 amide bonds. The lowest BCUT2D eigenvalue weighted by atomic mass is 9.87. The monoisotopic (exact) mass is 449 g/mol. The predicted octanol–water partition coefficient (Wildman–Crippen LogP) is 3.41. The Bertz CT molecular complexity index is 1010. The van der Waals surface area contributed by atoms with Gasteiger partial charge in [0.25, 0.3) is 0 Å². The van der Waals surface area contributed by atoms with Gasteiger partial charge in [0.15, 0.2) is 15.8 Å². The van der Waals surface area contributed by atoms with Gasteiger partial charge in [0.1, 0.15) is 18.2 Å². The first-order chi connectivity index (χ1) is 14.5. The molecule has 2 aromatic rings. The topological polar surface area (TPSA) is 79.8 Å². The summed E-state index contributed by atoms with van der Waals surface area (Å²) in [5, 5.41) is 6.23. The Hall–Kier alpha value is -2.61. The summed E-state index contributed by atoms with van der Waals surface area (Å²) < 4.78 is 42.8. The van der Waals surface area contributed by atoms with Crippen molar-refractivity contribution in [1.82, 2.24) is 10.6 Å². The Kier molecular flexibility index (Phi) is 8.44. The van der Waals surface area contributed by atoms with E-state index in [0.717, 1.165) is 12.0 Å². The minimum absolute atomic E-state index is 0.0520. The van der Waals surface area contributed by atoms with E-state index in [9.17, 15) is 12.8 Å². The van der Waals surface area contributed by atoms with Crippen LogP contribution in [0.15, 0.2) is 47.5 Å². The number of guanidine groups is 1. The third-order valence-electron chi connectivity index (χ3n) is 4.62. The zero-order valence-corrected chi connectivity index (χ0v) is 19.6. The summed E-state index contributed by atoms with van der Waals surface area (Å²) in [6.07, 6.45) is 1.16. The third kappa shape index (κ3) is 8.57. The van der Waals surface area contributed by atoms with Gasteiger partial charge in [-0.05, 0) is 46.4 Å². The number of benzene rings is 2. The molecule has 0 spiro atoms. The van der Waals surface area contributed by atoms with Crippen molar-refractivity contribution in [2.45, 2.75) is 38.5 Å². The van der Waals surface area contributed by atoms with E-state index in [-0.39, 0.29) is 17.7 Å². The molecule has 0 atom stereocenters. The van der Waals surface area contributed by atoms with Crippen LogP contribution < -0.4 is 15.4 Å². The summed E-state index contributed by atoms with van der Waals surface area (Å²) in [7, 11) is -1.59. The van der Waals surface area contributed by atoms with E-state index in [1.54, 1.807) is 7.05 Å². The quantitative estimate of drug-likeness (QED) is 0.367. The van der Waals surface area contributed by atoms with Gasteiger partial charge in [-0.2, -0.15) is 0 Å². The summed E-state index contributed by atoms with van der Waals surface area (Å²) in [5.74, 6) is 0.768. The number of rotatable bonds is 8. The van der Waals surface area contributed by atoms with Gasteiger partial charge < -0.3 is 15.4 Å². The van der Waals surface area contributed by atoms with E-state index in [4.69, 9.17) is 4.74 Å². The first-order valence-electron chi connectivity index (χ1n) is 10.1. The van der Waals surface area contributed by atoms with E-state index < -0.39 is 15.7 Å².